The summed E-state index contributed by atoms with van der Waals surface area (Å²) in [6, 6.07) is 13.1. The maximum absolute atomic E-state index is 11.9. The zero-order chi connectivity index (χ0) is 13.4. The average Bonchev–Trinajstić information content (AvgIpc) is 2.66. The summed E-state index contributed by atoms with van der Waals surface area (Å²) < 4.78 is 7.90. The number of hydrogen-bond acceptors (Lipinski definition) is 2. The highest BCUT2D eigenvalue weighted by molar-refractivity contribution is 14.1. The molecule has 0 unspecified atom stereocenters. The van der Waals surface area contributed by atoms with Gasteiger partial charge in [-0.3, -0.25) is 4.57 Å². The van der Waals surface area contributed by atoms with E-state index in [4.69, 9.17) is 16.0 Å². The number of fused-ring (bicyclic) bond motifs is 1. The molecule has 19 heavy (non-hydrogen) atoms. The van der Waals surface area contributed by atoms with Gasteiger partial charge in [-0.25, -0.2) is 4.79 Å². The van der Waals surface area contributed by atoms with Crippen LogP contribution < -0.4 is 5.76 Å². The Bertz CT molecular complexity index is 807. The highest BCUT2D eigenvalue weighted by Crippen LogP contribution is 2.18. The minimum Gasteiger partial charge on any atom is -0.408 e. The molecule has 5 heteroatoms. The Morgan fingerprint density at radius 1 is 1.21 bits per heavy atom. The van der Waals surface area contributed by atoms with Crippen LogP contribution in [-0.4, -0.2) is 4.57 Å². The standard InChI is InChI=1S/C14H9ClINO2/c15-10-3-1-2-9(6-10)8-17-12-7-11(16)4-5-13(12)19-14(17)18/h1-7H,8H2. The zero-order valence-electron chi connectivity index (χ0n) is 9.77. The third-order valence-electron chi connectivity index (χ3n) is 2.86. The van der Waals surface area contributed by atoms with Gasteiger partial charge in [-0.05, 0) is 58.5 Å². The lowest BCUT2D eigenvalue weighted by atomic mass is 10.2. The van der Waals surface area contributed by atoms with Crippen molar-refractivity contribution in [1.82, 2.24) is 4.57 Å². The molecule has 3 aromatic rings. The summed E-state index contributed by atoms with van der Waals surface area (Å²) in [6.07, 6.45) is 0. The van der Waals surface area contributed by atoms with Gasteiger partial charge in [-0.1, -0.05) is 23.7 Å². The van der Waals surface area contributed by atoms with Crippen LogP contribution in [0, 0.1) is 3.57 Å². The molecule has 0 N–H and O–H groups in total. The first kappa shape index (κ1) is 12.7. The number of oxazole rings is 1. The lowest BCUT2D eigenvalue weighted by Crippen LogP contribution is -2.14. The van der Waals surface area contributed by atoms with E-state index in [9.17, 15) is 4.79 Å². The van der Waals surface area contributed by atoms with Crippen LogP contribution in [0.5, 0.6) is 0 Å². The van der Waals surface area contributed by atoms with Gasteiger partial charge in [-0.2, -0.15) is 0 Å². The van der Waals surface area contributed by atoms with Crippen LogP contribution in [-0.2, 0) is 6.54 Å². The molecule has 3 rings (SSSR count). The SMILES string of the molecule is O=c1oc2ccc(I)cc2n1Cc1cccc(Cl)c1. The minimum absolute atomic E-state index is 0.350. The highest BCUT2D eigenvalue weighted by Gasteiger charge is 2.10. The van der Waals surface area contributed by atoms with Crippen LogP contribution in [0.4, 0.5) is 0 Å². The molecule has 0 fully saturated rings. The Morgan fingerprint density at radius 2 is 2.05 bits per heavy atom. The lowest BCUT2D eigenvalue weighted by molar-refractivity contribution is 0.517. The van der Waals surface area contributed by atoms with Crippen molar-refractivity contribution < 1.29 is 4.42 Å². The van der Waals surface area contributed by atoms with Crippen molar-refractivity contribution in [2.45, 2.75) is 6.54 Å². The molecule has 0 radical (unpaired) electrons. The second kappa shape index (κ2) is 5.02. The van der Waals surface area contributed by atoms with Crippen LogP contribution in [0.15, 0.2) is 51.7 Å². The summed E-state index contributed by atoms with van der Waals surface area (Å²) in [5.74, 6) is -0.350. The van der Waals surface area contributed by atoms with E-state index in [1.54, 1.807) is 4.57 Å². The van der Waals surface area contributed by atoms with E-state index >= 15 is 0 Å². The van der Waals surface area contributed by atoms with Crippen molar-refractivity contribution in [3.63, 3.8) is 0 Å². The number of aromatic nitrogens is 1. The van der Waals surface area contributed by atoms with Gasteiger partial charge in [0.25, 0.3) is 0 Å². The van der Waals surface area contributed by atoms with Crippen molar-refractivity contribution in [3.8, 4) is 0 Å². The van der Waals surface area contributed by atoms with E-state index in [2.05, 4.69) is 22.6 Å². The minimum atomic E-state index is -0.350. The predicted molar refractivity (Wildman–Crippen MR) is 83.7 cm³/mol. The maximum Gasteiger partial charge on any atom is 0.420 e. The van der Waals surface area contributed by atoms with Crippen molar-refractivity contribution in [2.75, 3.05) is 0 Å². The summed E-state index contributed by atoms with van der Waals surface area (Å²) >= 11 is 8.17. The molecule has 96 valence electrons. The molecule has 1 aromatic heterocycles. The van der Waals surface area contributed by atoms with E-state index in [1.807, 2.05) is 42.5 Å². The molecule has 0 aliphatic carbocycles. The van der Waals surface area contributed by atoms with E-state index in [1.165, 1.54) is 0 Å². The van der Waals surface area contributed by atoms with Crippen LogP contribution in [0.2, 0.25) is 5.02 Å². The normalized spacial score (nSPS) is 11.1. The van der Waals surface area contributed by atoms with E-state index in [0.29, 0.717) is 17.2 Å². The lowest BCUT2D eigenvalue weighted by Gasteiger charge is -2.03. The van der Waals surface area contributed by atoms with Gasteiger partial charge >= 0.3 is 5.76 Å². The Balaban J connectivity index is 2.12. The Hall–Kier alpha value is -1.27. The van der Waals surface area contributed by atoms with E-state index in [-0.39, 0.29) is 5.76 Å². The second-order valence-electron chi connectivity index (χ2n) is 4.20. The maximum atomic E-state index is 11.9. The fourth-order valence-electron chi connectivity index (χ4n) is 2.00. The molecule has 0 spiro atoms. The Labute approximate surface area is 127 Å². The molecule has 0 saturated heterocycles. The van der Waals surface area contributed by atoms with Crippen molar-refractivity contribution >= 4 is 45.3 Å². The van der Waals surface area contributed by atoms with Gasteiger partial charge in [0, 0.05) is 8.59 Å². The van der Waals surface area contributed by atoms with Gasteiger partial charge < -0.3 is 4.42 Å². The molecule has 0 aliphatic heterocycles. The summed E-state index contributed by atoms with van der Waals surface area (Å²) in [5.41, 5.74) is 2.38. The van der Waals surface area contributed by atoms with Gasteiger partial charge in [0.15, 0.2) is 5.58 Å². The van der Waals surface area contributed by atoms with Gasteiger partial charge in [0.2, 0.25) is 0 Å². The van der Waals surface area contributed by atoms with Crippen LogP contribution in [0.1, 0.15) is 5.56 Å². The highest BCUT2D eigenvalue weighted by atomic mass is 127. The van der Waals surface area contributed by atoms with Crippen LogP contribution in [0.25, 0.3) is 11.1 Å². The largest absolute Gasteiger partial charge is 0.420 e. The fourth-order valence-corrected chi connectivity index (χ4v) is 2.69. The first-order valence-electron chi connectivity index (χ1n) is 5.67. The van der Waals surface area contributed by atoms with Gasteiger partial charge in [-0.15, -0.1) is 0 Å². The number of benzene rings is 2. The second-order valence-corrected chi connectivity index (χ2v) is 5.88. The fraction of sp³-hybridized carbons (Fsp3) is 0.0714. The smallest absolute Gasteiger partial charge is 0.408 e. The number of halogens is 2. The summed E-state index contributed by atoms with van der Waals surface area (Å²) in [4.78, 5) is 11.9. The molecule has 0 saturated carbocycles. The van der Waals surface area contributed by atoms with Crippen molar-refractivity contribution in [2.24, 2.45) is 0 Å². The summed E-state index contributed by atoms with van der Waals surface area (Å²) in [7, 11) is 0. The Morgan fingerprint density at radius 3 is 2.84 bits per heavy atom. The topological polar surface area (TPSA) is 35.1 Å². The first-order valence-corrected chi connectivity index (χ1v) is 7.12. The third kappa shape index (κ3) is 2.55. The molecular weight excluding hydrogens is 377 g/mol. The van der Waals surface area contributed by atoms with Gasteiger partial charge in [0.1, 0.15) is 0 Å². The van der Waals surface area contributed by atoms with Crippen LogP contribution in [0.3, 0.4) is 0 Å². The molecule has 3 nitrogen and oxygen atoms in total. The average molecular weight is 386 g/mol. The first-order chi connectivity index (χ1) is 9.13. The molecule has 0 atom stereocenters. The third-order valence-corrected chi connectivity index (χ3v) is 3.77. The Kier molecular flexibility index (Phi) is 3.36. The predicted octanol–water partition coefficient (Wildman–Crippen LogP) is 3.90. The molecule has 2 aromatic carbocycles. The molecule has 0 bridgehead atoms. The molecular formula is C14H9ClINO2. The van der Waals surface area contributed by atoms with Gasteiger partial charge in [0.05, 0.1) is 12.1 Å². The van der Waals surface area contributed by atoms with Crippen molar-refractivity contribution in [1.29, 1.82) is 0 Å². The summed E-state index contributed by atoms with van der Waals surface area (Å²) in [6.45, 7) is 0.451. The molecule has 1 heterocycles. The molecule has 0 aliphatic rings. The van der Waals surface area contributed by atoms with Crippen LogP contribution >= 0.6 is 34.2 Å². The zero-order valence-corrected chi connectivity index (χ0v) is 12.7. The number of rotatable bonds is 2. The monoisotopic (exact) mass is 385 g/mol. The van der Waals surface area contributed by atoms with E-state index in [0.717, 1.165) is 14.7 Å². The number of hydrogen-bond donors (Lipinski definition) is 0. The molecule has 0 amide bonds. The summed E-state index contributed by atoms with van der Waals surface area (Å²) in [5, 5.41) is 0.660. The van der Waals surface area contributed by atoms with E-state index < -0.39 is 0 Å². The quantitative estimate of drug-likeness (QED) is 0.627. The van der Waals surface area contributed by atoms with Crippen molar-refractivity contribution in [3.05, 3.63) is 67.2 Å². The number of nitrogens with zero attached hydrogens (tertiary/aromatic N) is 1.